The third kappa shape index (κ3) is 25.6. The van der Waals surface area contributed by atoms with E-state index in [1.54, 1.807) is 13.8 Å². The van der Waals surface area contributed by atoms with Crippen molar-refractivity contribution in [3.8, 4) is 0 Å². The molecular formula is C22H38O8. The Morgan fingerprint density at radius 2 is 1.27 bits per heavy atom. The van der Waals surface area contributed by atoms with Crippen molar-refractivity contribution in [1.29, 1.82) is 0 Å². The van der Waals surface area contributed by atoms with Crippen molar-refractivity contribution < 1.29 is 39.5 Å². The van der Waals surface area contributed by atoms with Crippen LogP contribution in [0.5, 0.6) is 0 Å². The molecule has 4 N–H and O–H groups in total. The lowest BCUT2D eigenvalue weighted by Gasteiger charge is -2.21. The minimum Gasteiger partial charge on any atom is -0.478 e. The summed E-state index contributed by atoms with van der Waals surface area (Å²) in [5.41, 5.74) is 0.852. The number of carboxylic acids is 2. The van der Waals surface area contributed by atoms with Gasteiger partial charge in [-0.05, 0) is 59.8 Å². The van der Waals surface area contributed by atoms with Crippen LogP contribution in [0.4, 0.5) is 0 Å². The highest BCUT2D eigenvalue weighted by Gasteiger charge is 2.17. The van der Waals surface area contributed by atoms with Crippen LogP contribution in [0.3, 0.4) is 0 Å². The van der Waals surface area contributed by atoms with Crippen molar-refractivity contribution in [1.82, 2.24) is 0 Å². The van der Waals surface area contributed by atoms with Crippen LogP contribution < -0.4 is 0 Å². The van der Waals surface area contributed by atoms with E-state index in [4.69, 9.17) is 25.2 Å². The van der Waals surface area contributed by atoms with Gasteiger partial charge in [0, 0.05) is 23.3 Å². The molecule has 0 spiro atoms. The lowest BCUT2D eigenvalue weighted by atomic mass is 9.98. The van der Waals surface area contributed by atoms with Crippen LogP contribution >= 0.6 is 0 Å². The van der Waals surface area contributed by atoms with Crippen LogP contribution in [0.15, 0.2) is 36.5 Å². The molecule has 30 heavy (non-hydrogen) atoms. The van der Waals surface area contributed by atoms with Crippen LogP contribution in [0.25, 0.3) is 0 Å². The molecule has 0 radical (unpaired) electrons. The summed E-state index contributed by atoms with van der Waals surface area (Å²) in [7, 11) is 0. The van der Waals surface area contributed by atoms with Gasteiger partial charge in [0.05, 0.1) is 6.10 Å². The molecule has 1 atom stereocenters. The second-order valence-corrected chi connectivity index (χ2v) is 6.98. The maximum atomic E-state index is 11.1. The molecule has 1 aliphatic rings. The number of aliphatic hydroxyl groups is 2. The van der Waals surface area contributed by atoms with Crippen molar-refractivity contribution in [2.75, 3.05) is 6.61 Å². The normalized spacial score (nSPS) is 13.4. The van der Waals surface area contributed by atoms with Gasteiger partial charge in [0.15, 0.2) is 0 Å². The standard InChI is InChI=1S/C10H16O2.C4H10O2.2C4H6O2/c1-8(2)10(11)12-9-6-4-3-5-7-9;1-4(6)2-3-5;2*1-3(2)4(5)6/h9H,1,3-7H2,2H3;4-6H,2-3H2,1H3;2*1H2,2H3,(H,5,6). The van der Waals surface area contributed by atoms with Gasteiger partial charge in [-0.3, -0.25) is 0 Å². The van der Waals surface area contributed by atoms with Crippen LogP contribution in [0, 0.1) is 0 Å². The molecule has 0 aromatic rings. The van der Waals surface area contributed by atoms with Gasteiger partial charge in [-0.2, -0.15) is 0 Å². The minimum atomic E-state index is -0.935. The quantitative estimate of drug-likeness (QED) is 0.371. The minimum absolute atomic E-state index is 0.0810. The summed E-state index contributed by atoms with van der Waals surface area (Å²) in [6.07, 6.45) is 6.00. The number of ether oxygens (including phenoxy) is 1. The van der Waals surface area contributed by atoms with E-state index in [1.807, 2.05) is 0 Å². The number of carbonyl (C=O) groups excluding carboxylic acids is 1. The third-order valence-corrected chi connectivity index (χ3v) is 3.45. The van der Waals surface area contributed by atoms with E-state index in [0.717, 1.165) is 12.8 Å². The van der Waals surface area contributed by atoms with Crippen molar-refractivity contribution in [3.63, 3.8) is 0 Å². The Morgan fingerprint density at radius 1 is 0.900 bits per heavy atom. The number of hydrogen-bond donors (Lipinski definition) is 4. The highest BCUT2D eigenvalue weighted by Crippen LogP contribution is 2.20. The highest BCUT2D eigenvalue weighted by atomic mass is 16.5. The van der Waals surface area contributed by atoms with E-state index in [-0.39, 0.29) is 35.9 Å². The van der Waals surface area contributed by atoms with Crippen molar-refractivity contribution in [2.24, 2.45) is 0 Å². The van der Waals surface area contributed by atoms with Crippen molar-refractivity contribution in [3.05, 3.63) is 36.5 Å². The Balaban J connectivity index is -0.000000349. The Labute approximate surface area is 179 Å². The zero-order valence-corrected chi connectivity index (χ0v) is 18.6. The van der Waals surface area contributed by atoms with Crippen molar-refractivity contribution >= 4 is 17.9 Å². The van der Waals surface area contributed by atoms with Crippen LogP contribution in [-0.4, -0.2) is 57.1 Å². The van der Waals surface area contributed by atoms with Gasteiger partial charge in [-0.15, -0.1) is 0 Å². The predicted octanol–water partition coefficient (Wildman–Crippen LogP) is 3.48. The number of hydrogen-bond acceptors (Lipinski definition) is 6. The zero-order chi connectivity index (χ0) is 24.3. The van der Waals surface area contributed by atoms with Gasteiger partial charge in [-0.1, -0.05) is 26.2 Å². The smallest absolute Gasteiger partial charge is 0.333 e. The monoisotopic (exact) mass is 430 g/mol. The van der Waals surface area contributed by atoms with Gasteiger partial charge in [-0.25, -0.2) is 14.4 Å². The Morgan fingerprint density at radius 3 is 1.47 bits per heavy atom. The number of carboxylic acid groups (broad SMARTS) is 2. The summed E-state index contributed by atoms with van der Waals surface area (Å²) >= 11 is 0. The lowest BCUT2D eigenvalue weighted by molar-refractivity contribution is -0.145. The van der Waals surface area contributed by atoms with Gasteiger partial charge >= 0.3 is 17.9 Å². The first-order valence-corrected chi connectivity index (χ1v) is 9.69. The molecule has 8 heteroatoms. The van der Waals surface area contributed by atoms with E-state index in [1.165, 1.54) is 33.1 Å². The summed E-state index contributed by atoms with van der Waals surface area (Å²) in [5, 5.41) is 32.3. The molecule has 0 saturated heterocycles. The van der Waals surface area contributed by atoms with Crippen molar-refractivity contribution in [2.45, 2.75) is 78.4 Å². The Hall–Kier alpha value is -2.45. The molecule has 0 aromatic heterocycles. The van der Waals surface area contributed by atoms with Crippen LogP contribution in [0.2, 0.25) is 0 Å². The first kappa shape index (κ1) is 32.2. The zero-order valence-electron chi connectivity index (χ0n) is 18.6. The number of aliphatic hydroxyl groups excluding tert-OH is 2. The largest absolute Gasteiger partial charge is 0.478 e. The molecule has 0 aliphatic heterocycles. The molecule has 8 nitrogen and oxygen atoms in total. The fourth-order valence-corrected chi connectivity index (χ4v) is 1.62. The van der Waals surface area contributed by atoms with Crippen LogP contribution in [0.1, 0.15) is 66.2 Å². The van der Waals surface area contributed by atoms with Gasteiger partial charge < -0.3 is 25.2 Å². The second-order valence-electron chi connectivity index (χ2n) is 6.98. The Kier molecular flexibility index (Phi) is 21.3. The summed E-state index contributed by atoms with van der Waals surface area (Å²) in [5.74, 6) is -2.10. The summed E-state index contributed by atoms with van der Waals surface area (Å²) in [6, 6.07) is 0. The summed E-state index contributed by atoms with van der Waals surface area (Å²) in [4.78, 5) is 30.3. The van der Waals surface area contributed by atoms with E-state index >= 15 is 0 Å². The van der Waals surface area contributed by atoms with E-state index < -0.39 is 11.9 Å². The molecule has 0 aromatic carbocycles. The van der Waals surface area contributed by atoms with Crippen LogP contribution in [-0.2, 0) is 19.1 Å². The van der Waals surface area contributed by atoms with E-state index in [0.29, 0.717) is 12.0 Å². The Bertz CT molecular complexity index is 509. The third-order valence-electron chi connectivity index (χ3n) is 3.45. The number of rotatable bonds is 6. The number of carbonyl (C=O) groups is 3. The van der Waals surface area contributed by atoms with Gasteiger partial charge in [0.25, 0.3) is 0 Å². The molecular weight excluding hydrogens is 392 g/mol. The molecule has 0 amide bonds. The number of esters is 1. The molecule has 1 unspecified atom stereocenters. The van der Waals surface area contributed by atoms with Gasteiger partial charge in [0.2, 0.25) is 0 Å². The maximum absolute atomic E-state index is 11.1. The summed E-state index contributed by atoms with van der Waals surface area (Å²) in [6.45, 7) is 16.2. The first-order valence-electron chi connectivity index (χ1n) is 9.69. The summed E-state index contributed by atoms with van der Waals surface area (Å²) < 4.78 is 5.21. The van der Waals surface area contributed by atoms with E-state index in [2.05, 4.69) is 19.7 Å². The average molecular weight is 431 g/mol. The highest BCUT2D eigenvalue weighted by molar-refractivity contribution is 5.87. The molecule has 1 rings (SSSR count). The molecule has 0 heterocycles. The van der Waals surface area contributed by atoms with Gasteiger partial charge in [0.1, 0.15) is 6.10 Å². The fourth-order valence-electron chi connectivity index (χ4n) is 1.62. The molecule has 174 valence electrons. The molecule has 1 aliphatic carbocycles. The second kappa shape index (κ2) is 19.8. The topological polar surface area (TPSA) is 141 Å². The molecule has 1 saturated carbocycles. The number of aliphatic carboxylic acids is 2. The average Bonchev–Trinajstić information content (AvgIpc) is 2.63. The molecule has 1 fully saturated rings. The lowest BCUT2D eigenvalue weighted by Crippen LogP contribution is -2.20. The first-order chi connectivity index (χ1) is 13.8. The van der Waals surface area contributed by atoms with E-state index in [9.17, 15) is 14.4 Å². The molecule has 0 bridgehead atoms. The fraction of sp³-hybridized carbons (Fsp3) is 0.591. The maximum Gasteiger partial charge on any atom is 0.333 e. The SMILES string of the molecule is C=C(C)C(=O)O.C=C(C)C(=O)O.C=C(C)C(=O)OC1CCCCC1.CC(O)CCO. The predicted molar refractivity (Wildman–Crippen MR) is 116 cm³/mol.